The van der Waals surface area contributed by atoms with E-state index in [0.717, 1.165) is 93.7 Å². The van der Waals surface area contributed by atoms with Gasteiger partial charge in [0.2, 0.25) is 0 Å². The minimum Gasteiger partial charge on any atom is -0.456 e. The van der Waals surface area contributed by atoms with E-state index < -0.39 is 0 Å². The summed E-state index contributed by atoms with van der Waals surface area (Å²) in [7, 11) is 0. The lowest BCUT2D eigenvalue weighted by Crippen LogP contribution is -2.00. The number of hydrogen-bond acceptors (Lipinski definition) is 4. The summed E-state index contributed by atoms with van der Waals surface area (Å²) in [5, 5.41) is 11.5. The van der Waals surface area contributed by atoms with Gasteiger partial charge in [0, 0.05) is 60.4 Å². The third-order valence-corrected chi connectivity index (χ3v) is 14.3. The summed E-state index contributed by atoms with van der Waals surface area (Å²) < 4.78 is 11.5. The van der Waals surface area contributed by atoms with Gasteiger partial charge in [-0.05, 0) is 105 Å². The molecule has 330 valence electrons. The highest BCUT2D eigenvalue weighted by atomic mass is 16.3. The van der Waals surface area contributed by atoms with Gasteiger partial charge in [-0.15, -0.1) is 0 Å². The fourth-order valence-electron chi connectivity index (χ4n) is 11.1. The lowest BCUT2D eigenvalue weighted by molar-refractivity contribution is 0.669. The Morgan fingerprint density at radius 3 is 1.70 bits per heavy atom. The Labute approximate surface area is 407 Å². The van der Waals surface area contributed by atoms with Crippen LogP contribution in [0.15, 0.2) is 241 Å². The molecule has 0 amide bonds. The molecule has 6 heteroatoms. The molecule has 0 radical (unpaired) electrons. The SMILES string of the molecule is c1ccc(-c2ccc(-c3nc(-c4ccc5c(c4)oc4ccc6ccc(-n7c8ccccc8c8cc9ccccc9cc87)cc6c45)nc(-c4cccc5c4c4ccccc4n5-c4ccccc4)n3)cc2)cc1. The molecule has 0 saturated heterocycles. The van der Waals surface area contributed by atoms with E-state index in [-0.39, 0.29) is 0 Å². The van der Waals surface area contributed by atoms with Crippen molar-refractivity contribution in [1.82, 2.24) is 24.1 Å². The number of rotatable bonds is 6. The monoisotopic (exact) mass is 905 g/mol. The van der Waals surface area contributed by atoms with Gasteiger partial charge in [0.25, 0.3) is 0 Å². The summed E-state index contributed by atoms with van der Waals surface area (Å²) in [5.74, 6) is 1.75. The molecule has 0 spiro atoms. The Bertz CT molecular complexity index is 4620. The van der Waals surface area contributed by atoms with Crippen LogP contribution in [0.3, 0.4) is 0 Å². The van der Waals surface area contributed by atoms with Crippen molar-refractivity contribution in [3.63, 3.8) is 0 Å². The Kier molecular flexibility index (Phi) is 8.56. The van der Waals surface area contributed by atoms with Crippen LogP contribution in [0.1, 0.15) is 0 Å². The fourth-order valence-corrected chi connectivity index (χ4v) is 11.1. The van der Waals surface area contributed by atoms with Gasteiger partial charge < -0.3 is 13.6 Å². The van der Waals surface area contributed by atoms with Gasteiger partial charge in [0.05, 0.1) is 22.1 Å². The highest BCUT2D eigenvalue weighted by Crippen LogP contribution is 2.42. The molecule has 0 unspecified atom stereocenters. The Morgan fingerprint density at radius 2 is 0.887 bits per heavy atom. The van der Waals surface area contributed by atoms with E-state index in [1.165, 1.54) is 32.6 Å². The fraction of sp³-hybridized carbons (Fsp3) is 0. The van der Waals surface area contributed by atoms with Crippen molar-refractivity contribution >= 4 is 87.1 Å². The summed E-state index contributed by atoms with van der Waals surface area (Å²) in [6, 6.07) is 83.9. The topological polar surface area (TPSA) is 61.7 Å². The van der Waals surface area contributed by atoms with Gasteiger partial charge in [-0.1, -0.05) is 164 Å². The van der Waals surface area contributed by atoms with Gasteiger partial charge >= 0.3 is 0 Å². The van der Waals surface area contributed by atoms with Crippen LogP contribution in [0.4, 0.5) is 0 Å². The standard InChI is InChI=1S/C65H39N5O/c1-3-14-40(15-4-1)41-26-28-43(29-27-41)63-66-64(68-65(67-63)52-22-13-25-57-61(52)50-21-10-12-24-56(50)69(57)47-18-5-2-6-19-47)46-31-34-51-60(38-46)71-59-35-32-42-30-33-48(39-53(42)62(51)59)70-55-23-11-9-20-49(55)54-36-44-16-7-8-17-45(44)37-58(54)70/h1-39H. The molecule has 0 atom stereocenters. The van der Waals surface area contributed by atoms with Crippen molar-refractivity contribution in [2.75, 3.05) is 0 Å². The van der Waals surface area contributed by atoms with Crippen molar-refractivity contribution in [2.24, 2.45) is 0 Å². The smallest absolute Gasteiger partial charge is 0.164 e. The van der Waals surface area contributed by atoms with E-state index in [1.54, 1.807) is 0 Å². The predicted octanol–water partition coefficient (Wildman–Crippen LogP) is 16.9. The summed E-state index contributed by atoms with van der Waals surface area (Å²) in [5.41, 5.74) is 13.3. The second-order valence-corrected chi connectivity index (χ2v) is 18.4. The number of benzene rings is 11. The van der Waals surface area contributed by atoms with Gasteiger partial charge in [-0.3, -0.25) is 0 Å². The quantitative estimate of drug-likeness (QED) is 0.167. The molecule has 6 nitrogen and oxygen atoms in total. The van der Waals surface area contributed by atoms with Crippen LogP contribution in [-0.4, -0.2) is 24.1 Å². The van der Waals surface area contributed by atoms with E-state index in [2.05, 4.69) is 240 Å². The molecular formula is C65H39N5O. The Morgan fingerprint density at radius 1 is 0.282 bits per heavy atom. The number of furan rings is 1. The molecule has 11 aromatic carbocycles. The first-order valence-electron chi connectivity index (χ1n) is 24.0. The third-order valence-electron chi connectivity index (χ3n) is 14.3. The summed E-state index contributed by atoms with van der Waals surface area (Å²) in [6.07, 6.45) is 0. The maximum absolute atomic E-state index is 6.80. The Balaban J connectivity index is 0.912. The molecule has 0 fully saturated rings. The van der Waals surface area contributed by atoms with E-state index >= 15 is 0 Å². The summed E-state index contributed by atoms with van der Waals surface area (Å²) in [4.78, 5) is 15.9. The van der Waals surface area contributed by atoms with Crippen molar-refractivity contribution < 1.29 is 4.42 Å². The molecular weight excluding hydrogens is 867 g/mol. The largest absolute Gasteiger partial charge is 0.456 e. The van der Waals surface area contributed by atoms with Crippen LogP contribution < -0.4 is 0 Å². The molecule has 4 heterocycles. The van der Waals surface area contributed by atoms with Gasteiger partial charge in [0.15, 0.2) is 17.5 Å². The van der Waals surface area contributed by atoms with E-state index in [4.69, 9.17) is 19.4 Å². The van der Waals surface area contributed by atoms with Crippen LogP contribution in [-0.2, 0) is 0 Å². The van der Waals surface area contributed by atoms with Gasteiger partial charge in [0.1, 0.15) is 11.2 Å². The molecule has 71 heavy (non-hydrogen) atoms. The van der Waals surface area contributed by atoms with Gasteiger partial charge in [-0.2, -0.15) is 0 Å². The normalized spacial score (nSPS) is 11.9. The maximum atomic E-state index is 6.80. The Hall–Kier alpha value is -9.65. The van der Waals surface area contributed by atoms with E-state index in [0.29, 0.717) is 17.5 Å². The zero-order valence-corrected chi connectivity index (χ0v) is 38.2. The molecule has 0 bridgehead atoms. The first kappa shape index (κ1) is 39.4. The van der Waals surface area contributed by atoms with E-state index in [9.17, 15) is 0 Å². The van der Waals surface area contributed by atoms with Crippen LogP contribution in [0.25, 0.3) is 144 Å². The van der Waals surface area contributed by atoms with Crippen LogP contribution in [0.5, 0.6) is 0 Å². The molecule has 0 N–H and O–H groups in total. The first-order chi connectivity index (χ1) is 35.2. The van der Waals surface area contributed by atoms with E-state index in [1.807, 2.05) is 6.07 Å². The molecule has 4 aromatic heterocycles. The van der Waals surface area contributed by atoms with Crippen LogP contribution in [0, 0.1) is 0 Å². The lowest BCUT2D eigenvalue weighted by Gasteiger charge is -2.11. The molecule has 0 aliphatic carbocycles. The number of aromatic nitrogens is 5. The molecule has 15 aromatic rings. The van der Waals surface area contributed by atoms with Crippen molar-refractivity contribution in [1.29, 1.82) is 0 Å². The zero-order chi connectivity index (χ0) is 46.6. The summed E-state index contributed by atoms with van der Waals surface area (Å²) in [6.45, 7) is 0. The average Bonchev–Trinajstić information content (AvgIpc) is 4.10. The second kappa shape index (κ2) is 15.4. The van der Waals surface area contributed by atoms with Crippen LogP contribution in [0.2, 0.25) is 0 Å². The minimum atomic E-state index is 0.564. The van der Waals surface area contributed by atoms with Crippen molar-refractivity contribution in [3.05, 3.63) is 237 Å². The van der Waals surface area contributed by atoms with Crippen molar-refractivity contribution in [2.45, 2.75) is 0 Å². The molecule has 0 saturated carbocycles. The molecule has 0 aliphatic rings. The van der Waals surface area contributed by atoms with Crippen LogP contribution >= 0.6 is 0 Å². The summed E-state index contributed by atoms with van der Waals surface area (Å²) >= 11 is 0. The highest BCUT2D eigenvalue weighted by molar-refractivity contribution is 6.20. The number of fused-ring (bicyclic) bond motifs is 12. The predicted molar refractivity (Wildman–Crippen MR) is 293 cm³/mol. The van der Waals surface area contributed by atoms with Gasteiger partial charge in [-0.25, -0.2) is 15.0 Å². The molecule has 15 rings (SSSR count). The lowest BCUT2D eigenvalue weighted by atomic mass is 10.0. The number of para-hydroxylation sites is 3. The first-order valence-corrected chi connectivity index (χ1v) is 24.0. The minimum absolute atomic E-state index is 0.564. The second-order valence-electron chi connectivity index (χ2n) is 18.4. The maximum Gasteiger partial charge on any atom is 0.164 e. The zero-order valence-electron chi connectivity index (χ0n) is 38.2. The van der Waals surface area contributed by atoms with Crippen molar-refractivity contribution in [3.8, 4) is 56.7 Å². The average molecular weight is 906 g/mol. The number of hydrogen-bond donors (Lipinski definition) is 0. The highest BCUT2D eigenvalue weighted by Gasteiger charge is 2.21. The third kappa shape index (κ3) is 6.18. The molecule has 0 aliphatic heterocycles. The number of nitrogens with zero attached hydrogens (tertiary/aromatic N) is 5.